The number of rotatable bonds is 7. The van der Waals surface area contributed by atoms with Gasteiger partial charge in [0.2, 0.25) is 0 Å². The number of anilines is 1. The van der Waals surface area contributed by atoms with Crippen molar-refractivity contribution in [1.82, 2.24) is 14.7 Å². The molecule has 0 saturated carbocycles. The summed E-state index contributed by atoms with van der Waals surface area (Å²) in [6.45, 7) is 6.52. The lowest BCUT2D eigenvalue weighted by Crippen LogP contribution is -2.28. The molecule has 2 heterocycles. The summed E-state index contributed by atoms with van der Waals surface area (Å²) in [7, 11) is 0. The van der Waals surface area contributed by atoms with Gasteiger partial charge in [0.25, 0.3) is 11.6 Å². The fourth-order valence-corrected chi connectivity index (χ4v) is 4.16. The fourth-order valence-electron chi connectivity index (χ4n) is 4.16. The molecule has 4 rings (SSSR count). The van der Waals surface area contributed by atoms with Crippen LogP contribution in [0.15, 0.2) is 48.5 Å². The van der Waals surface area contributed by atoms with Crippen LogP contribution in [0.5, 0.6) is 0 Å². The molecule has 2 aromatic carbocycles. The summed E-state index contributed by atoms with van der Waals surface area (Å²) in [4.78, 5) is 25.5. The maximum atomic E-state index is 12.9. The quantitative estimate of drug-likeness (QED) is 0.443. The summed E-state index contributed by atoms with van der Waals surface area (Å²) in [5.41, 5.74) is 4.90. The average molecular weight is 434 g/mol. The zero-order valence-corrected chi connectivity index (χ0v) is 18.4. The van der Waals surface area contributed by atoms with Gasteiger partial charge in [-0.25, -0.2) is 0 Å². The zero-order valence-electron chi connectivity index (χ0n) is 18.4. The molecule has 8 heteroatoms. The second-order valence-electron chi connectivity index (χ2n) is 8.13. The van der Waals surface area contributed by atoms with E-state index < -0.39 is 4.92 Å². The number of nitro benzene ring substituents is 1. The van der Waals surface area contributed by atoms with Gasteiger partial charge >= 0.3 is 0 Å². The van der Waals surface area contributed by atoms with Gasteiger partial charge in [-0.15, -0.1) is 0 Å². The van der Waals surface area contributed by atoms with Crippen LogP contribution in [-0.4, -0.2) is 38.6 Å². The van der Waals surface area contributed by atoms with Crippen molar-refractivity contribution in [2.24, 2.45) is 0 Å². The van der Waals surface area contributed by atoms with Crippen LogP contribution in [0.25, 0.3) is 0 Å². The fraction of sp³-hybridized carbons (Fsp3) is 0.333. The Balaban J connectivity index is 1.53. The number of nitro groups is 1. The van der Waals surface area contributed by atoms with Crippen LogP contribution in [0.3, 0.4) is 0 Å². The normalized spacial score (nSPS) is 13.4. The van der Waals surface area contributed by atoms with Crippen molar-refractivity contribution in [3.05, 3.63) is 86.7 Å². The van der Waals surface area contributed by atoms with Gasteiger partial charge < -0.3 is 10.2 Å². The number of hydrogen-bond acceptors (Lipinski definition) is 5. The monoisotopic (exact) mass is 433 g/mol. The molecule has 166 valence electrons. The first-order valence-electron chi connectivity index (χ1n) is 10.8. The molecule has 0 bridgehead atoms. The van der Waals surface area contributed by atoms with Crippen molar-refractivity contribution < 1.29 is 9.72 Å². The second kappa shape index (κ2) is 9.21. The van der Waals surface area contributed by atoms with E-state index in [4.69, 9.17) is 0 Å². The minimum atomic E-state index is -0.491. The van der Waals surface area contributed by atoms with E-state index in [-0.39, 0.29) is 17.2 Å². The van der Waals surface area contributed by atoms with Gasteiger partial charge in [0.05, 0.1) is 17.2 Å². The van der Waals surface area contributed by atoms with E-state index in [0.29, 0.717) is 31.9 Å². The maximum Gasteiger partial charge on any atom is 0.282 e. The molecule has 32 heavy (non-hydrogen) atoms. The first-order chi connectivity index (χ1) is 15.4. The van der Waals surface area contributed by atoms with Gasteiger partial charge in [-0.3, -0.25) is 19.6 Å². The third-order valence-corrected chi connectivity index (χ3v) is 5.99. The van der Waals surface area contributed by atoms with Gasteiger partial charge in [0.1, 0.15) is 5.56 Å². The number of nitrogens with zero attached hydrogens (tertiary/aromatic N) is 4. The third-order valence-electron chi connectivity index (χ3n) is 5.99. The molecule has 1 fully saturated rings. The van der Waals surface area contributed by atoms with Crippen LogP contribution in [0.2, 0.25) is 0 Å². The molecular weight excluding hydrogens is 406 g/mol. The van der Waals surface area contributed by atoms with Crippen molar-refractivity contribution in [2.45, 2.75) is 39.8 Å². The van der Waals surface area contributed by atoms with Crippen molar-refractivity contribution >= 4 is 17.3 Å². The van der Waals surface area contributed by atoms with Crippen LogP contribution >= 0.6 is 0 Å². The van der Waals surface area contributed by atoms with Gasteiger partial charge in [-0.1, -0.05) is 30.3 Å². The number of carbonyl (C=O) groups is 1. The lowest BCUT2D eigenvalue weighted by molar-refractivity contribution is -0.385. The largest absolute Gasteiger partial charge is 0.381 e. The Labute approximate surface area is 187 Å². The van der Waals surface area contributed by atoms with Crippen LogP contribution in [-0.2, 0) is 13.1 Å². The number of aromatic nitrogens is 2. The predicted octanol–water partition coefficient (Wildman–Crippen LogP) is 4.30. The number of carbonyl (C=O) groups excluding carboxylic acids is 1. The summed E-state index contributed by atoms with van der Waals surface area (Å²) in [6.07, 6.45) is 1.87. The van der Waals surface area contributed by atoms with Crippen molar-refractivity contribution in [3.63, 3.8) is 0 Å². The number of likely N-dealkylation sites (tertiary alicyclic amines) is 1. The lowest BCUT2D eigenvalue weighted by atomic mass is 10.1. The molecule has 3 aromatic rings. The van der Waals surface area contributed by atoms with Crippen LogP contribution in [0.4, 0.5) is 11.4 Å². The van der Waals surface area contributed by atoms with Crippen molar-refractivity contribution in [2.75, 3.05) is 18.4 Å². The first kappa shape index (κ1) is 21.5. The van der Waals surface area contributed by atoms with Crippen LogP contribution in [0, 0.1) is 24.0 Å². The Kier molecular flexibility index (Phi) is 6.20. The molecule has 8 nitrogen and oxygen atoms in total. The predicted molar refractivity (Wildman–Crippen MR) is 123 cm³/mol. The summed E-state index contributed by atoms with van der Waals surface area (Å²) in [6, 6.07) is 14.8. The number of aryl methyl sites for hydroxylation is 1. The molecule has 0 unspecified atom stereocenters. The van der Waals surface area contributed by atoms with Gasteiger partial charge in [-0.2, -0.15) is 5.10 Å². The summed E-state index contributed by atoms with van der Waals surface area (Å²) < 4.78 is 1.99. The Morgan fingerprint density at radius 1 is 1.12 bits per heavy atom. The van der Waals surface area contributed by atoms with E-state index in [9.17, 15) is 14.9 Å². The third kappa shape index (κ3) is 4.49. The van der Waals surface area contributed by atoms with E-state index in [1.54, 1.807) is 17.0 Å². The molecule has 1 N–H and O–H groups in total. The van der Waals surface area contributed by atoms with Gasteiger partial charge in [0.15, 0.2) is 0 Å². The standard InChI is InChI=1S/C24H27N5O3/c1-17-22(18(2)28(26-17)16-19-8-4-3-5-9-19)15-25-20-10-11-23(29(31)32)21(14-20)24(30)27-12-6-7-13-27/h3-5,8-11,14,25H,6-7,12-13,15-16H2,1-2H3. The lowest BCUT2D eigenvalue weighted by Gasteiger charge is -2.16. The number of benzene rings is 2. The molecular formula is C24H27N5O3. The number of nitrogens with one attached hydrogen (secondary N) is 1. The molecule has 0 atom stereocenters. The minimum Gasteiger partial charge on any atom is -0.381 e. The highest BCUT2D eigenvalue weighted by atomic mass is 16.6. The molecule has 0 aliphatic carbocycles. The first-order valence-corrected chi connectivity index (χ1v) is 10.8. The Bertz CT molecular complexity index is 1130. The molecule has 1 saturated heterocycles. The van der Waals surface area contributed by atoms with E-state index in [1.807, 2.05) is 36.7 Å². The van der Waals surface area contributed by atoms with Crippen LogP contribution < -0.4 is 5.32 Å². The molecule has 0 spiro atoms. The van der Waals surface area contributed by atoms with Crippen molar-refractivity contribution in [3.8, 4) is 0 Å². The molecule has 1 aliphatic rings. The molecule has 1 aliphatic heterocycles. The zero-order chi connectivity index (χ0) is 22.7. The Hall–Kier alpha value is -3.68. The summed E-state index contributed by atoms with van der Waals surface area (Å²) >= 11 is 0. The Morgan fingerprint density at radius 2 is 1.84 bits per heavy atom. The minimum absolute atomic E-state index is 0.134. The SMILES string of the molecule is Cc1nn(Cc2ccccc2)c(C)c1CNc1ccc([N+](=O)[O-])c(C(=O)N2CCCC2)c1. The number of hydrogen-bond donors (Lipinski definition) is 1. The average Bonchev–Trinajstić information content (AvgIpc) is 3.41. The number of amides is 1. The van der Waals surface area contributed by atoms with Crippen LogP contribution in [0.1, 0.15) is 45.7 Å². The summed E-state index contributed by atoms with van der Waals surface area (Å²) in [5, 5.41) is 19.5. The second-order valence-corrected chi connectivity index (χ2v) is 8.13. The topological polar surface area (TPSA) is 93.3 Å². The van der Waals surface area contributed by atoms with E-state index in [2.05, 4.69) is 22.5 Å². The van der Waals surface area contributed by atoms with E-state index >= 15 is 0 Å². The smallest absolute Gasteiger partial charge is 0.282 e. The van der Waals surface area contributed by atoms with E-state index in [1.165, 1.54) is 11.6 Å². The molecule has 0 radical (unpaired) electrons. The van der Waals surface area contributed by atoms with Gasteiger partial charge in [0, 0.05) is 42.6 Å². The van der Waals surface area contributed by atoms with E-state index in [0.717, 1.165) is 29.8 Å². The van der Waals surface area contributed by atoms with Crippen molar-refractivity contribution in [1.29, 1.82) is 0 Å². The highest BCUT2D eigenvalue weighted by Gasteiger charge is 2.27. The molecule has 1 amide bonds. The summed E-state index contributed by atoms with van der Waals surface area (Å²) in [5.74, 6) is -0.277. The highest BCUT2D eigenvalue weighted by Crippen LogP contribution is 2.26. The molecule has 1 aromatic heterocycles. The van der Waals surface area contributed by atoms with Gasteiger partial charge in [-0.05, 0) is 44.4 Å². The highest BCUT2D eigenvalue weighted by molar-refractivity contribution is 5.99. The maximum absolute atomic E-state index is 12.9. The Morgan fingerprint density at radius 3 is 2.53 bits per heavy atom.